The van der Waals surface area contributed by atoms with Gasteiger partial charge in [0.05, 0.1) is 25.3 Å². The zero-order chi connectivity index (χ0) is 16.8. The van der Waals surface area contributed by atoms with Gasteiger partial charge in [-0.1, -0.05) is 25.3 Å². The minimum Gasteiger partial charge on any atom is -0.376 e. The van der Waals surface area contributed by atoms with Crippen LogP contribution in [0.3, 0.4) is 0 Å². The second kappa shape index (κ2) is 8.83. The summed E-state index contributed by atoms with van der Waals surface area (Å²) in [5.41, 5.74) is 6.16. The highest BCUT2D eigenvalue weighted by Gasteiger charge is 2.26. The minimum atomic E-state index is 0.280. The van der Waals surface area contributed by atoms with E-state index in [1.54, 1.807) is 11.3 Å². The lowest BCUT2D eigenvalue weighted by molar-refractivity contribution is -0.0327. The molecule has 24 heavy (non-hydrogen) atoms. The molecule has 0 aromatic carbocycles. The van der Waals surface area contributed by atoms with Crippen molar-refractivity contribution in [2.24, 2.45) is 10.7 Å². The number of hydrogen-bond donors (Lipinski definition) is 2. The lowest BCUT2D eigenvalue weighted by Crippen LogP contribution is -2.45. The van der Waals surface area contributed by atoms with Crippen LogP contribution in [0.4, 0.5) is 0 Å². The second-order valence-electron chi connectivity index (χ2n) is 6.91. The van der Waals surface area contributed by atoms with Gasteiger partial charge in [-0.15, -0.1) is 11.3 Å². The molecule has 1 saturated carbocycles. The Balaban J connectivity index is 1.61. The molecule has 6 heteroatoms. The van der Waals surface area contributed by atoms with Gasteiger partial charge >= 0.3 is 0 Å². The van der Waals surface area contributed by atoms with Crippen molar-refractivity contribution < 1.29 is 4.74 Å². The summed E-state index contributed by atoms with van der Waals surface area (Å²) < 4.78 is 5.69. The molecule has 1 aliphatic carbocycles. The number of rotatable bonds is 5. The number of nitrogens with two attached hydrogens (primary N) is 1. The lowest BCUT2D eigenvalue weighted by atomic mass is 9.96. The number of thiophene rings is 1. The van der Waals surface area contributed by atoms with Crippen LogP contribution >= 0.6 is 11.3 Å². The van der Waals surface area contributed by atoms with E-state index in [1.165, 1.54) is 37.0 Å². The molecule has 2 fully saturated rings. The summed E-state index contributed by atoms with van der Waals surface area (Å²) in [5.74, 6) is 0.602. The van der Waals surface area contributed by atoms with Crippen LogP contribution in [0.2, 0.25) is 0 Å². The molecule has 2 heterocycles. The maximum atomic E-state index is 6.16. The van der Waals surface area contributed by atoms with Gasteiger partial charge in [0.1, 0.15) is 0 Å². The predicted molar refractivity (Wildman–Crippen MR) is 101 cm³/mol. The fourth-order valence-corrected chi connectivity index (χ4v) is 4.53. The molecule has 0 radical (unpaired) electrons. The van der Waals surface area contributed by atoms with Crippen molar-refractivity contribution in [3.05, 3.63) is 22.4 Å². The van der Waals surface area contributed by atoms with E-state index in [-0.39, 0.29) is 6.10 Å². The van der Waals surface area contributed by atoms with Crippen LogP contribution in [0.1, 0.15) is 49.9 Å². The number of ether oxygens (including phenoxy) is 1. The van der Waals surface area contributed by atoms with Gasteiger partial charge in [-0.05, 0) is 31.2 Å². The Bertz CT molecular complexity index is 513. The highest BCUT2D eigenvalue weighted by molar-refractivity contribution is 7.10. The van der Waals surface area contributed by atoms with E-state index in [9.17, 15) is 0 Å². The molecular weight excluding hydrogens is 320 g/mol. The molecule has 0 spiro atoms. The maximum absolute atomic E-state index is 6.16. The van der Waals surface area contributed by atoms with Gasteiger partial charge in [-0.2, -0.15) is 0 Å². The summed E-state index contributed by atoms with van der Waals surface area (Å²) in [6.45, 7) is 5.55. The Morgan fingerprint density at radius 2 is 2.29 bits per heavy atom. The minimum absolute atomic E-state index is 0.280. The first kappa shape index (κ1) is 17.7. The van der Waals surface area contributed by atoms with Crippen LogP contribution in [0, 0.1) is 0 Å². The highest BCUT2D eigenvalue weighted by Crippen LogP contribution is 2.27. The third-order valence-corrected chi connectivity index (χ3v) is 5.95. The number of aliphatic imine (C=N–C) groups is 1. The quantitative estimate of drug-likeness (QED) is 0.633. The molecule has 3 rings (SSSR count). The standard InChI is InChI=1S/C18H30N4OS/c1-14-13-22(9-10-23-14)16(17-8-5-11-24-17)12-20-18(19)21-15-6-3-2-4-7-15/h5,8,11,14-16H,2-4,6-7,9-10,12-13H2,1H3,(H3,19,20,21). The third kappa shape index (κ3) is 4.94. The van der Waals surface area contributed by atoms with Crippen molar-refractivity contribution in [1.82, 2.24) is 10.2 Å². The molecular formula is C18H30N4OS. The Labute approximate surface area is 149 Å². The van der Waals surface area contributed by atoms with E-state index in [0.717, 1.165) is 19.7 Å². The van der Waals surface area contributed by atoms with Gasteiger partial charge in [0, 0.05) is 24.0 Å². The van der Waals surface area contributed by atoms with E-state index in [2.05, 4.69) is 39.6 Å². The molecule has 0 bridgehead atoms. The molecule has 3 N–H and O–H groups in total. The van der Waals surface area contributed by atoms with E-state index in [0.29, 0.717) is 24.6 Å². The van der Waals surface area contributed by atoms with Crippen molar-refractivity contribution in [3.8, 4) is 0 Å². The largest absolute Gasteiger partial charge is 0.376 e. The van der Waals surface area contributed by atoms with Gasteiger partial charge < -0.3 is 15.8 Å². The van der Waals surface area contributed by atoms with Crippen molar-refractivity contribution >= 4 is 17.3 Å². The SMILES string of the molecule is CC1CN(C(CN=C(N)NC2CCCCC2)c2cccs2)CCO1. The summed E-state index contributed by atoms with van der Waals surface area (Å²) in [4.78, 5) is 8.53. The van der Waals surface area contributed by atoms with Crippen molar-refractivity contribution in [3.63, 3.8) is 0 Å². The zero-order valence-electron chi connectivity index (χ0n) is 14.6. The molecule has 2 unspecified atom stereocenters. The lowest BCUT2D eigenvalue weighted by Gasteiger charge is -2.36. The Morgan fingerprint density at radius 3 is 3.00 bits per heavy atom. The number of nitrogens with one attached hydrogen (secondary N) is 1. The molecule has 1 aliphatic heterocycles. The first-order chi connectivity index (χ1) is 11.7. The first-order valence-electron chi connectivity index (χ1n) is 9.18. The number of morpholine rings is 1. The molecule has 5 nitrogen and oxygen atoms in total. The van der Waals surface area contributed by atoms with Gasteiger partial charge in [-0.25, -0.2) is 0 Å². The molecule has 134 valence electrons. The molecule has 1 aromatic rings. The van der Waals surface area contributed by atoms with Gasteiger partial charge in [0.25, 0.3) is 0 Å². The maximum Gasteiger partial charge on any atom is 0.188 e. The van der Waals surface area contributed by atoms with Crippen LogP contribution < -0.4 is 11.1 Å². The molecule has 0 amide bonds. The van der Waals surface area contributed by atoms with Crippen LogP contribution in [0.5, 0.6) is 0 Å². The normalized spacial score (nSPS) is 25.5. The monoisotopic (exact) mass is 350 g/mol. The number of guanidine groups is 1. The van der Waals surface area contributed by atoms with E-state index >= 15 is 0 Å². The van der Waals surface area contributed by atoms with Gasteiger partial charge in [0.15, 0.2) is 5.96 Å². The second-order valence-corrected chi connectivity index (χ2v) is 7.89. The average Bonchev–Trinajstić information content (AvgIpc) is 3.10. The summed E-state index contributed by atoms with van der Waals surface area (Å²) >= 11 is 1.80. The van der Waals surface area contributed by atoms with Crippen LogP contribution in [0.25, 0.3) is 0 Å². The molecule has 2 aliphatic rings. The summed E-state index contributed by atoms with van der Waals surface area (Å²) in [7, 11) is 0. The predicted octanol–water partition coefficient (Wildman–Crippen LogP) is 2.75. The van der Waals surface area contributed by atoms with Crippen molar-refractivity contribution in [2.45, 2.75) is 57.2 Å². The zero-order valence-corrected chi connectivity index (χ0v) is 15.4. The van der Waals surface area contributed by atoms with Crippen LogP contribution in [-0.4, -0.2) is 49.2 Å². The molecule has 2 atom stereocenters. The summed E-state index contributed by atoms with van der Waals surface area (Å²) in [6, 6.07) is 5.12. The summed E-state index contributed by atoms with van der Waals surface area (Å²) in [5, 5.41) is 5.56. The average molecular weight is 351 g/mol. The fourth-order valence-electron chi connectivity index (χ4n) is 3.68. The molecule has 1 aromatic heterocycles. The molecule has 1 saturated heterocycles. The third-order valence-electron chi connectivity index (χ3n) is 4.98. The Hall–Kier alpha value is -1.11. The Morgan fingerprint density at radius 1 is 1.46 bits per heavy atom. The Kier molecular flexibility index (Phi) is 6.51. The van der Waals surface area contributed by atoms with Crippen LogP contribution in [0.15, 0.2) is 22.5 Å². The van der Waals surface area contributed by atoms with E-state index < -0.39 is 0 Å². The smallest absolute Gasteiger partial charge is 0.188 e. The summed E-state index contributed by atoms with van der Waals surface area (Å²) in [6.07, 6.45) is 6.66. The highest BCUT2D eigenvalue weighted by atomic mass is 32.1. The first-order valence-corrected chi connectivity index (χ1v) is 10.1. The number of nitrogens with zero attached hydrogens (tertiary/aromatic N) is 2. The topological polar surface area (TPSA) is 62.9 Å². The fraction of sp³-hybridized carbons (Fsp3) is 0.722. The van der Waals surface area contributed by atoms with E-state index in [4.69, 9.17) is 10.5 Å². The number of hydrogen-bond acceptors (Lipinski definition) is 4. The van der Waals surface area contributed by atoms with Crippen molar-refractivity contribution in [1.29, 1.82) is 0 Å². The van der Waals surface area contributed by atoms with Gasteiger partial charge in [-0.3, -0.25) is 9.89 Å². The van der Waals surface area contributed by atoms with Gasteiger partial charge in [0.2, 0.25) is 0 Å². The van der Waals surface area contributed by atoms with Crippen molar-refractivity contribution in [2.75, 3.05) is 26.2 Å². The van der Waals surface area contributed by atoms with E-state index in [1.807, 2.05) is 0 Å². The van der Waals surface area contributed by atoms with Crippen LogP contribution in [-0.2, 0) is 4.74 Å².